The van der Waals surface area contributed by atoms with Crippen molar-refractivity contribution in [3.63, 3.8) is 0 Å². The first-order valence-corrected chi connectivity index (χ1v) is 15.7. The summed E-state index contributed by atoms with van der Waals surface area (Å²) in [5, 5.41) is 10.5. The average Bonchev–Trinajstić information content (AvgIpc) is 3.52. The molecule has 0 aromatic carbocycles. The number of fused-ring (bicyclic) bond motifs is 1. The predicted octanol–water partition coefficient (Wildman–Crippen LogP) is 6.23. The van der Waals surface area contributed by atoms with Crippen molar-refractivity contribution < 1.29 is 28.8 Å². The van der Waals surface area contributed by atoms with Gasteiger partial charge in [-0.2, -0.15) is 0 Å². The van der Waals surface area contributed by atoms with Gasteiger partial charge in [0.2, 0.25) is 0 Å². The van der Waals surface area contributed by atoms with E-state index in [1.165, 1.54) is 0 Å². The Bertz CT molecular complexity index is 859. The maximum atomic E-state index is 10.5. The van der Waals surface area contributed by atoms with E-state index in [2.05, 4.69) is 57.5 Å². The topological polar surface area (TPSA) is 66.4 Å². The lowest BCUT2D eigenvalue weighted by Gasteiger charge is -2.51. The lowest BCUT2D eigenvalue weighted by Crippen LogP contribution is -2.59. The Balaban J connectivity index is 1.23. The Hall–Kier alpha value is 0.240. The van der Waals surface area contributed by atoms with Crippen molar-refractivity contribution in [3.8, 4) is 0 Å². The van der Waals surface area contributed by atoms with E-state index < -0.39 is 5.60 Å². The standard InChI is InChI=1S/C30H51BrO6/c1-25(2,32)20-12-16-28(6,35-20)23-13-17-27(5,36-23)21-9-10-22(33-21)29(7)18-14-24-30(8,37-29)15-11-19(31)26(3,4)34-24/h19-24,32H,9-18H2,1-8H3/t19-,20+,21+,22-,23+,24+,27-,28-,29+,30-/m1/s1. The molecule has 1 N–H and O–H groups in total. The summed E-state index contributed by atoms with van der Waals surface area (Å²) in [5.41, 5.74) is -2.35. The SMILES string of the molecule is CC(C)(O)[C@@H]1CC[C@](C)([C@@H]2CC[C@](C)([C@@H]3CC[C@H]([C@]4(C)CC[C@@H]5OC(C)(C)[C@H](Br)CC[C@@]5(C)O4)O3)O2)O1. The molecule has 0 aliphatic carbocycles. The van der Waals surface area contributed by atoms with Crippen LogP contribution in [0.25, 0.3) is 0 Å². The molecule has 6 nitrogen and oxygen atoms in total. The maximum Gasteiger partial charge on any atom is 0.0924 e. The fraction of sp³-hybridized carbons (Fsp3) is 1.00. The highest BCUT2D eigenvalue weighted by Crippen LogP contribution is 2.52. The van der Waals surface area contributed by atoms with Gasteiger partial charge in [-0.05, 0) is 120 Å². The van der Waals surface area contributed by atoms with Gasteiger partial charge >= 0.3 is 0 Å². The summed E-state index contributed by atoms with van der Waals surface area (Å²) < 4.78 is 33.7. The van der Waals surface area contributed by atoms with Gasteiger partial charge in [-0.3, -0.25) is 0 Å². The van der Waals surface area contributed by atoms with Crippen molar-refractivity contribution >= 4 is 15.9 Å². The number of ether oxygens (including phenoxy) is 5. The molecule has 5 fully saturated rings. The molecule has 7 heteroatoms. The largest absolute Gasteiger partial charge is 0.388 e. The van der Waals surface area contributed by atoms with E-state index in [0.29, 0.717) is 4.83 Å². The van der Waals surface area contributed by atoms with E-state index in [4.69, 9.17) is 23.7 Å². The zero-order chi connectivity index (χ0) is 27.1. The highest BCUT2D eigenvalue weighted by molar-refractivity contribution is 9.09. The van der Waals surface area contributed by atoms with Crippen LogP contribution in [-0.4, -0.2) is 74.1 Å². The van der Waals surface area contributed by atoms with Gasteiger partial charge in [0.1, 0.15) is 0 Å². The van der Waals surface area contributed by atoms with Crippen LogP contribution in [0.3, 0.4) is 0 Å². The minimum Gasteiger partial charge on any atom is -0.388 e. The van der Waals surface area contributed by atoms with Crippen molar-refractivity contribution in [1.82, 2.24) is 0 Å². The number of aliphatic hydroxyl groups is 1. The van der Waals surface area contributed by atoms with Crippen LogP contribution in [0.2, 0.25) is 0 Å². The second kappa shape index (κ2) is 9.39. The zero-order valence-electron chi connectivity index (χ0n) is 24.4. The van der Waals surface area contributed by atoms with E-state index in [0.717, 1.165) is 64.2 Å². The van der Waals surface area contributed by atoms with Crippen LogP contribution in [-0.2, 0) is 23.7 Å². The second-order valence-electron chi connectivity index (χ2n) is 14.7. The summed E-state index contributed by atoms with van der Waals surface area (Å²) in [4.78, 5) is 0.321. The summed E-state index contributed by atoms with van der Waals surface area (Å²) in [5.74, 6) is 0. The van der Waals surface area contributed by atoms with Crippen molar-refractivity contribution in [2.75, 3.05) is 0 Å². The van der Waals surface area contributed by atoms with Crippen LogP contribution in [0.4, 0.5) is 0 Å². The maximum absolute atomic E-state index is 10.5. The van der Waals surface area contributed by atoms with E-state index >= 15 is 0 Å². The molecule has 0 aromatic rings. The molecule has 0 unspecified atom stereocenters. The Morgan fingerprint density at radius 2 is 1.11 bits per heavy atom. The molecule has 0 spiro atoms. The van der Waals surface area contributed by atoms with Gasteiger partial charge in [-0.25, -0.2) is 0 Å². The monoisotopic (exact) mass is 586 g/mol. The third-order valence-corrected chi connectivity index (χ3v) is 12.2. The number of halogens is 1. The predicted molar refractivity (Wildman–Crippen MR) is 147 cm³/mol. The highest BCUT2D eigenvalue weighted by Gasteiger charge is 2.58. The number of hydrogen-bond acceptors (Lipinski definition) is 6. The summed E-state index contributed by atoms with van der Waals surface area (Å²) in [7, 11) is 0. The Morgan fingerprint density at radius 3 is 1.73 bits per heavy atom. The molecule has 0 aromatic heterocycles. The zero-order valence-corrected chi connectivity index (χ0v) is 26.0. The molecule has 5 aliphatic rings. The lowest BCUT2D eigenvalue weighted by molar-refractivity contribution is -0.278. The van der Waals surface area contributed by atoms with Crippen molar-refractivity contribution in [3.05, 3.63) is 0 Å². The molecule has 0 amide bonds. The number of hydrogen-bond donors (Lipinski definition) is 1. The highest BCUT2D eigenvalue weighted by atomic mass is 79.9. The van der Waals surface area contributed by atoms with Gasteiger partial charge < -0.3 is 28.8 Å². The Morgan fingerprint density at radius 1 is 0.622 bits per heavy atom. The van der Waals surface area contributed by atoms with Crippen LogP contribution < -0.4 is 0 Å². The van der Waals surface area contributed by atoms with Crippen LogP contribution in [0.5, 0.6) is 0 Å². The van der Waals surface area contributed by atoms with Gasteiger partial charge in [0.05, 0.1) is 64.1 Å². The summed E-state index contributed by atoms with van der Waals surface area (Å²) in [6.07, 6.45) is 9.74. The molecule has 214 valence electrons. The molecule has 5 aliphatic heterocycles. The van der Waals surface area contributed by atoms with E-state index in [9.17, 15) is 5.11 Å². The third-order valence-electron chi connectivity index (χ3n) is 10.6. The van der Waals surface area contributed by atoms with E-state index in [-0.39, 0.29) is 58.5 Å². The van der Waals surface area contributed by atoms with Crippen molar-refractivity contribution in [2.45, 2.75) is 189 Å². The summed E-state index contributed by atoms with van der Waals surface area (Å²) in [6.45, 7) is 17.0. The molecule has 0 radical (unpaired) electrons. The second-order valence-corrected chi connectivity index (χ2v) is 15.8. The quantitative estimate of drug-likeness (QED) is 0.394. The number of alkyl halides is 1. The first kappa shape index (κ1) is 28.8. The first-order chi connectivity index (χ1) is 17.0. The minimum absolute atomic E-state index is 0.0253. The summed E-state index contributed by atoms with van der Waals surface area (Å²) >= 11 is 3.87. The fourth-order valence-corrected chi connectivity index (χ4v) is 8.19. The molecule has 5 heterocycles. The molecular weight excluding hydrogens is 536 g/mol. The minimum atomic E-state index is -0.833. The Labute approximate surface area is 233 Å². The molecule has 5 rings (SSSR count). The van der Waals surface area contributed by atoms with E-state index in [1.807, 2.05) is 13.8 Å². The van der Waals surface area contributed by atoms with Gasteiger partial charge in [0.25, 0.3) is 0 Å². The van der Waals surface area contributed by atoms with Crippen LogP contribution >= 0.6 is 15.9 Å². The number of rotatable bonds is 4. The van der Waals surface area contributed by atoms with Crippen LogP contribution in [0.15, 0.2) is 0 Å². The molecule has 0 saturated carbocycles. The van der Waals surface area contributed by atoms with Crippen LogP contribution in [0, 0.1) is 0 Å². The smallest absolute Gasteiger partial charge is 0.0924 e. The Kier molecular flexibility index (Phi) is 7.30. The van der Waals surface area contributed by atoms with Crippen molar-refractivity contribution in [1.29, 1.82) is 0 Å². The lowest BCUT2D eigenvalue weighted by atomic mass is 9.79. The van der Waals surface area contributed by atoms with Crippen molar-refractivity contribution in [2.24, 2.45) is 0 Å². The molecule has 0 bridgehead atoms. The normalized spacial score (nSPS) is 52.7. The fourth-order valence-electron chi connectivity index (χ4n) is 7.85. The van der Waals surface area contributed by atoms with Crippen LogP contribution in [0.1, 0.15) is 120 Å². The molecule has 10 atom stereocenters. The molecule has 5 saturated heterocycles. The van der Waals surface area contributed by atoms with Gasteiger partial charge in [-0.1, -0.05) is 15.9 Å². The van der Waals surface area contributed by atoms with E-state index in [1.54, 1.807) is 0 Å². The summed E-state index contributed by atoms with van der Waals surface area (Å²) in [6, 6.07) is 0. The van der Waals surface area contributed by atoms with Gasteiger partial charge in [-0.15, -0.1) is 0 Å². The molecule has 37 heavy (non-hydrogen) atoms. The average molecular weight is 588 g/mol. The van der Waals surface area contributed by atoms with Gasteiger partial charge in [0.15, 0.2) is 0 Å². The molecular formula is C30H51BrO6. The van der Waals surface area contributed by atoms with Gasteiger partial charge in [0, 0.05) is 4.83 Å². The third kappa shape index (κ3) is 5.22. The first-order valence-electron chi connectivity index (χ1n) is 14.7.